The second-order valence-corrected chi connectivity index (χ2v) is 9.31. The molecule has 8 nitrogen and oxygen atoms in total. The number of ketones is 1. The first-order chi connectivity index (χ1) is 14.7. The van der Waals surface area contributed by atoms with Crippen LogP contribution in [0.3, 0.4) is 0 Å². The summed E-state index contributed by atoms with van der Waals surface area (Å²) in [5.74, 6) is -0.893. The van der Waals surface area contributed by atoms with Crippen molar-refractivity contribution in [2.24, 2.45) is 0 Å². The summed E-state index contributed by atoms with van der Waals surface area (Å²) in [7, 11) is -9.04. The van der Waals surface area contributed by atoms with Crippen LogP contribution in [0, 0.1) is 5.41 Å². The smallest absolute Gasteiger partial charge is 0.317 e. The number of fused-ring (bicyclic) bond motifs is 1. The summed E-state index contributed by atoms with van der Waals surface area (Å²) in [5.41, 5.74) is -0.698. The van der Waals surface area contributed by atoms with Crippen molar-refractivity contribution >= 4 is 27.5 Å². The maximum absolute atomic E-state index is 13.3. The third-order valence-electron chi connectivity index (χ3n) is 4.75. The maximum atomic E-state index is 13.3. The first-order valence-electron chi connectivity index (χ1n) is 9.39. The lowest BCUT2D eigenvalue weighted by Gasteiger charge is -2.40. The Kier molecular flexibility index (Phi) is 5.28. The van der Waals surface area contributed by atoms with Crippen molar-refractivity contribution in [1.82, 2.24) is 14.7 Å². The highest BCUT2D eigenvalue weighted by molar-refractivity contribution is 8.45. The fourth-order valence-corrected chi connectivity index (χ4v) is 3.79. The molecule has 1 N–H and O–H groups in total. The Hall–Kier alpha value is -3.16. The minimum Gasteiger partial charge on any atom is -0.497 e. The molecule has 0 radical (unpaired) electrons. The van der Waals surface area contributed by atoms with Gasteiger partial charge in [0, 0.05) is 30.8 Å². The lowest BCUT2D eigenvalue weighted by atomic mass is 10.1. The molecule has 0 bridgehead atoms. The SMILES string of the molecule is CCN(CC)c1ccc2n(n1)c(=N)[n-][n+]2CC(=O)c1cc(OC)cc(S(F)(F)(F)(F)F)c1. The number of halogens is 5. The number of carbonyl (C=O) groups excluding carboxylic acids is 1. The average molecular weight is 480 g/mol. The molecule has 0 spiro atoms. The van der Waals surface area contributed by atoms with Gasteiger partial charge in [-0.2, -0.15) is 9.78 Å². The third-order valence-corrected chi connectivity index (χ3v) is 5.87. The molecule has 0 saturated carbocycles. The lowest BCUT2D eigenvalue weighted by molar-refractivity contribution is -0.721. The first-order valence-corrected chi connectivity index (χ1v) is 11.3. The lowest BCUT2D eigenvalue weighted by Crippen LogP contribution is -2.43. The van der Waals surface area contributed by atoms with Gasteiger partial charge in [0.25, 0.3) is 0 Å². The Bertz CT molecular complexity index is 1250. The second-order valence-electron chi connectivity index (χ2n) is 6.90. The molecular formula is C18H21F5N6O2S. The Balaban J connectivity index is 2.02. The zero-order valence-corrected chi connectivity index (χ0v) is 18.2. The molecule has 0 unspecified atom stereocenters. The van der Waals surface area contributed by atoms with E-state index in [1.807, 2.05) is 18.7 Å². The summed E-state index contributed by atoms with van der Waals surface area (Å²) in [6, 6.07) is 4.40. The molecule has 176 valence electrons. The van der Waals surface area contributed by atoms with Crippen molar-refractivity contribution in [3.05, 3.63) is 41.5 Å². The van der Waals surface area contributed by atoms with Crippen LogP contribution in [-0.4, -0.2) is 35.6 Å². The minimum absolute atomic E-state index is 0.101. The van der Waals surface area contributed by atoms with Crippen molar-refractivity contribution < 1.29 is 33.6 Å². The molecule has 14 heteroatoms. The van der Waals surface area contributed by atoms with Crippen LogP contribution in [0.1, 0.15) is 24.2 Å². The van der Waals surface area contributed by atoms with Crippen molar-refractivity contribution in [2.75, 3.05) is 25.1 Å². The van der Waals surface area contributed by atoms with E-state index in [2.05, 4.69) is 14.9 Å². The molecule has 1 aromatic carbocycles. The average Bonchev–Trinajstić information content (AvgIpc) is 3.01. The van der Waals surface area contributed by atoms with E-state index < -0.39 is 38.8 Å². The van der Waals surface area contributed by atoms with Crippen LogP contribution in [0.2, 0.25) is 0 Å². The van der Waals surface area contributed by atoms with E-state index in [0.717, 1.165) is 17.9 Å². The monoisotopic (exact) mass is 480 g/mol. The van der Waals surface area contributed by atoms with Gasteiger partial charge in [0.1, 0.15) is 10.6 Å². The number of methoxy groups -OCH3 is 1. The van der Waals surface area contributed by atoms with Crippen LogP contribution in [-0.2, 0) is 6.54 Å². The van der Waals surface area contributed by atoms with Gasteiger partial charge in [0.05, 0.1) is 7.11 Å². The molecule has 0 aliphatic carbocycles. The van der Waals surface area contributed by atoms with E-state index in [9.17, 15) is 24.2 Å². The van der Waals surface area contributed by atoms with Gasteiger partial charge >= 0.3 is 15.9 Å². The molecule has 0 fully saturated rings. The summed E-state index contributed by atoms with van der Waals surface area (Å²) in [4.78, 5) is 12.4. The Morgan fingerprint density at radius 3 is 2.41 bits per heavy atom. The Morgan fingerprint density at radius 1 is 1.19 bits per heavy atom. The van der Waals surface area contributed by atoms with Gasteiger partial charge in [-0.05, 0) is 32.0 Å². The van der Waals surface area contributed by atoms with Crippen molar-refractivity contribution in [3.63, 3.8) is 0 Å². The number of hydrogen-bond donors (Lipinski definition) is 1. The maximum Gasteiger partial charge on any atom is 0.317 e. The van der Waals surface area contributed by atoms with Gasteiger partial charge in [0.15, 0.2) is 12.4 Å². The van der Waals surface area contributed by atoms with Crippen molar-refractivity contribution in [3.8, 4) is 5.75 Å². The number of Topliss-reactive ketones (excluding diaryl/α,β-unsaturated/α-hetero) is 1. The molecule has 0 saturated heterocycles. The van der Waals surface area contributed by atoms with Crippen LogP contribution in [0.15, 0.2) is 35.2 Å². The number of benzene rings is 1. The number of nitrogens with one attached hydrogen (secondary N) is 1. The number of nitrogens with zero attached hydrogens (tertiary/aromatic N) is 5. The molecular weight excluding hydrogens is 459 g/mol. The quantitative estimate of drug-likeness (QED) is 0.303. The molecule has 0 aliphatic rings. The van der Waals surface area contributed by atoms with Gasteiger partial charge in [-0.1, -0.05) is 29.0 Å². The zero-order valence-electron chi connectivity index (χ0n) is 17.4. The topological polar surface area (TPSA) is 88.7 Å². The van der Waals surface area contributed by atoms with Crippen LogP contribution < -0.4 is 25.0 Å². The standard InChI is InChI=1S/C18H21F5N6O2S/c1-4-27(5-2)16-6-7-17-28(26-18(24)29(17)25-16)11-15(30)12-8-13(31-3)10-14(9-12)32(19,20,21,22)23/h6-10,24H,4-5,11H2,1-3H3. The summed E-state index contributed by atoms with van der Waals surface area (Å²) in [6.45, 7) is 4.60. The highest BCUT2D eigenvalue weighted by Gasteiger charge is 2.65. The summed E-state index contributed by atoms with van der Waals surface area (Å²) in [6.07, 6.45) is 0. The van der Waals surface area contributed by atoms with E-state index in [0.29, 0.717) is 18.9 Å². The van der Waals surface area contributed by atoms with E-state index in [4.69, 9.17) is 5.41 Å². The van der Waals surface area contributed by atoms with E-state index in [1.165, 1.54) is 4.52 Å². The highest BCUT2D eigenvalue weighted by Crippen LogP contribution is 3.02. The zero-order chi connectivity index (χ0) is 24.0. The number of hydrogen-bond acceptors (Lipinski definition) is 5. The minimum atomic E-state index is -10.0. The number of rotatable bonds is 8. The molecule has 0 aliphatic heterocycles. The molecule has 2 heterocycles. The normalized spacial score (nSPS) is 14.1. The van der Waals surface area contributed by atoms with E-state index in [1.54, 1.807) is 12.1 Å². The van der Waals surface area contributed by atoms with Gasteiger partial charge < -0.3 is 15.0 Å². The van der Waals surface area contributed by atoms with Crippen LogP contribution in [0.25, 0.3) is 5.65 Å². The van der Waals surface area contributed by atoms with Gasteiger partial charge in [-0.25, -0.2) is 0 Å². The number of aromatic nitrogens is 4. The van der Waals surface area contributed by atoms with Gasteiger partial charge in [0.2, 0.25) is 11.4 Å². The van der Waals surface area contributed by atoms with Gasteiger partial charge in [-0.3, -0.25) is 4.79 Å². The molecule has 32 heavy (non-hydrogen) atoms. The Labute approximate surface area is 179 Å². The molecule has 3 rings (SSSR count). The Morgan fingerprint density at radius 2 is 1.84 bits per heavy atom. The molecule has 2 aromatic heterocycles. The van der Waals surface area contributed by atoms with Crippen LogP contribution in [0.5, 0.6) is 5.75 Å². The van der Waals surface area contributed by atoms with Crippen LogP contribution in [0.4, 0.5) is 25.2 Å². The number of anilines is 1. The van der Waals surface area contributed by atoms with Gasteiger partial charge in [-0.15, -0.1) is 0 Å². The van der Waals surface area contributed by atoms with Crippen molar-refractivity contribution in [1.29, 1.82) is 5.41 Å². The summed E-state index contributed by atoms with van der Waals surface area (Å²) >= 11 is 0. The summed E-state index contributed by atoms with van der Waals surface area (Å²) in [5, 5.41) is 16.2. The second kappa shape index (κ2) is 7.18. The van der Waals surface area contributed by atoms with Crippen LogP contribution >= 0.6 is 10.2 Å². The molecule has 0 amide bonds. The number of carbonyl (C=O) groups is 1. The molecule has 3 aromatic rings. The largest absolute Gasteiger partial charge is 0.497 e. The fourth-order valence-electron chi connectivity index (χ4n) is 3.10. The number of ether oxygens (including phenoxy) is 1. The van der Waals surface area contributed by atoms with E-state index >= 15 is 0 Å². The summed E-state index contributed by atoms with van der Waals surface area (Å²) < 4.78 is 73.3. The fraction of sp³-hybridized carbons (Fsp3) is 0.333. The predicted octanol–water partition coefficient (Wildman–Crippen LogP) is 3.45. The highest BCUT2D eigenvalue weighted by atomic mass is 32.5. The third kappa shape index (κ3) is 4.69. The predicted molar refractivity (Wildman–Crippen MR) is 107 cm³/mol. The van der Waals surface area contributed by atoms with E-state index in [-0.39, 0.29) is 23.4 Å². The van der Waals surface area contributed by atoms with Crippen molar-refractivity contribution in [2.45, 2.75) is 25.3 Å². The molecule has 0 atom stereocenters. The first kappa shape index (κ1) is 23.5.